The number of amides is 1. The molecule has 1 aromatic heterocycles. The van der Waals surface area contributed by atoms with Crippen molar-refractivity contribution in [2.75, 3.05) is 33.1 Å². The minimum absolute atomic E-state index is 0.0117. The molecule has 2 aromatic carbocycles. The fraction of sp³-hybridized carbons (Fsp3) is 0.333. The van der Waals surface area contributed by atoms with Crippen LogP contribution in [0.5, 0.6) is 11.5 Å². The maximum absolute atomic E-state index is 13.8. The third-order valence-corrected chi connectivity index (χ3v) is 9.41. The van der Waals surface area contributed by atoms with Crippen LogP contribution in [0.1, 0.15) is 39.2 Å². The average molecular weight is 506 g/mol. The second-order valence-electron chi connectivity index (χ2n) is 8.91. The molecule has 5 rings (SSSR count). The van der Waals surface area contributed by atoms with E-state index in [9.17, 15) is 10.1 Å². The van der Waals surface area contributed by atoms with E-state index in [1.165, 1.54) is 28.7 Å². The first-order valence-electron chi connectivity index (χ1n) is 11.5. The van der Waals surface area contributed by atoms with Crippen molar-refractivity contribution < 1.29 is 14.3 Å². The van der Waals surface area contributed by atoms with Crippen LogP contribution in [0, 0.1) is 11.3 Å². The van der Waals surface area contributed by atoms with Gasteiger partial charge in [0.1, 0.15) is 22.4 Å². The van der Waals surface area contributed by atoms with Crippen molar-refractivity contribution in [3.05, 3.63) is 64.0 Å². The Hall–Kier alpha value is -2.99. The van der Waals surface area contributed by atoms with Gasteiger partial charge in [0.25, 0.3) is 5.91 Å². The van der Waals surface area contributed by atoms with Gasteiger partial charge in [-0.25, -0.2) is 0 Å². The second kappa shape index (κ2) is 9.57. The highest BCUT2D eigenvalue weighted by molar-refractivity contribution is 8.00. The molecule has 3 aromatic rings. The first-order chi connectivity index (χ1) is 17.0. The van der Waals surface area contributed by atoms with Gasteiger partial charge in [0, 0.05) is 36.2 Å². The van der Waals surface area contributed by atoms with E-state index >= 15 is 0 Å². The van der Waals surface area contributed by atoms with Crippen molar-refractivity contribution in [3.63, 3.8) is 0 Å². The van der Waals surface area contributed by atoms with Crippen molar-refractivity contribution in [1.82, 2.24) is 4.90 Å². The lowest BCUT2D eigenvalue weighted by Gasteiger charge is -2.38. The third-order valence-electron chi connectivity index (χ3n) is 7.11. The standard InChI is InChI=1S/C27H27N3O3S2/c1-32-19-6-4-18(5-7-19)23-20(15-29)26(34-2)35-24(23)25(31)30-11-9-27(10-12-30)16-33-22-8-3-17(14-28)13-21(22)27/h3-8,13H,9-12,14,16,28H2,1-2H3. The lowest BCUT2D eigenvalue weighted by molar-refractivity contribution is 0.0652. The van der Waals surface area contributed by atoms with Crippen LogP contribution < -0.4 is 15.2 Å². The number of piperidine rings is 1. The Morgan fingerprint density at radius 3 is 2.63 bits per heavy atom. The Morgan fingerprint density at radius 1 is 1.26 bits per heavy atom. The summed E-state index contributed by atoms with van der Waals surface area (Å²) in [6, 6.07) is 16.1. The number of benzene rings is 2. The van der Waals surface area contributed by atoms with Gasteiger partial charge in [-0.3, -0.25) is 4.79 Å². The maximum atomic E-state index is 13.8. The lowest BCUT2D eigenvalue weighted by Crippen LogP contribution is -2.46. The van der Waals surface area contributed by atoms with Gasteiger partial charge < -0.3 is 20.1 Å². The molecule has 0 aliphatic carbocycles. The Balaban J connectivity index is 1.44. The molecule has 0 unspecified atom stereocenters. The summed E-state index contributed by atoms with van der Waals surface area (Å²) < 4.78 is 12.2. The van der Waals surface area contributed by atoms with Crippen molar-refractivity contribution in [3.8, 4) is 28.7 Å². The predicted molar refractivity (Wildman–Crippen MR) is 139 cm³/mol. The van der Waals surface area contributed by atoms with E-state index in [2.05, 4.69) is 12.1 Å². The number of hydrogen-bond donors (Lipinski definition) is 1. The number of thiophene rings is 1. The highest BCUT2D eigenvalue weighted by Crippen LogP contribution is 2.47. The topological polar surface area (TPSA) is 88.6 Å². The number of methoxy groups -OCH3 is 1. The molecule has 0 atom stereocenters. The Bertz CT molecular complexity index is 1300. The second-order valence-corrected chi connectivity index (χ2v) is 11.0. The number of fused-ring (bicyclic) bond motifs is 2. The van der Waals surface area contributed by atoms with Gasteiger partial charge in [-0.1, -0.05) is 24.3 Å². The quantitative estimate of drug-likeness (QED) is 0.489. The van der Waals surface area contributed by atoms with E-state index in [-0.39, 0.29) is 11.3 Å². The molecule has 1 fully saturated rings. The number of carbonyl (C=O) groups is 1. The summed E-state index contributed by atoms with van der Waals surface area (Å²) in [6.07, 6.45) is 3.61. The zero-order valence-electron chi connectivity index (χ0n) is 19.8. The van der Waals surface area contributed by atoms with Crippen LogP contribution in [0.3, 0.4) is 0 Å². The zero-order chi connectivity index (χ0) is 24.6. The first-order valence-corrected chi connectivity index (χ1v) is 13.6. The molecule has 2 N–H and O–H groups in total. The fourth-order valence-corrected chi connectivity index (χ4v) is 6.98. The van der Waals surface area contributed by atoms with Crippen LogP contribution in [0.25, 0.3) is 11.1 Å². The SMILES string of the molecule is COc1ccc(-c2c(C(=O)N3CCC4(CC3)COc3ccc(CN)cc34)sc(SC)c2C#N)cc1. The van der Waals surface area contributed by atoms with Gasteiger partial charge in [0.15, 0.2) is 0 Å². The molecule has 180 valence electrons. The summed E-state index contributed by atoms with van der Waals surface area (Å²) in [5.41, 5.74) is 10.3. The molecule has 0 bridgehead atoms. The van der Waals surface area contributed by atoms with Gasteiger partial charge in [-0.15, -0.1) is 23.1 Å². The highest BCUT2D eigenvalue weighted by Gasteiger charge is 2.44. The minimum atomic E-state index is -0.0756. The first kappa shape index (κ1) is 23.7. The van der Waals surface area contributed by atoms with E-state index in [1.807, 2.05) is 47.6 Å². The molecule has 3 heterocycles. The van der Waals surface area contributed by atoms with E-state index in [0.29, 0.717) is 36.7 Å². The summed E-state index contributed by atoms with van der Waals surface area (Å²) in [5, 5.41) is 9.94. The molecule has 0 saturated carbocycles. The summed E-state index contributed by atoms with van der Waals surface area (Å²) in [5.74, 6) is 1.66. The van der Waals surface area contributed by atoms with Crippen molar-refractivity contribution in [2.24, 2.45) is 5.73 Å². The van der Waals surface area contributed by atoms with Gasteiger partial charge in [0.05, 0.1) is 23.5 Å². The van der Waals surface area contributed by atoms with Gasteiger partial charge >= 0.3 is 0 Å². The fourth-order valence-electron chi connectivity index (χ4n) is 5.07. The summed E-state index contributed by atoms with van der Waals surface area (Å²) in [6.45, 7) is 2.43. The van der Waals surface area contributed by atoms with Crippen molar-refractivity contribution in [2.45, 2.75) is 29.0 Å². The Labute approximate surface area is 213 Å². The smallest absolute Gasteiger partial charge is 0.264 e. The van der Waals surface area contributed by atoms with Crippen LogP contribution >= 0.6 is 23.1 Å². The summed E-state index contributed by atoms with van der Waals surface area (Å²) in [4.78, 5) is 16.4. The lowest BCUT2D eigenvalue weighted by atomic mass is 9.74. The van der Waals surface area contributed by atoms with Crippen LogP contribution in [0.2, 0.25) is 0 Å². The predicted octanol–water partition coefficient (Wildman–Crippen LogP) is 5.04. The number of rotatable bonds is 5. The molecule has 0 radical (unpaired) electrons. The maximum Gasteiger partial charge on any atom is 0.264 e. The van der Waals surface area contributed by atoms with Gasteiger partial charge in [-0.05, 0) is 48.4 Å². The van der Waals surface area contributed by atoms with E-state index in [4.69, 9.17) is 15.2 Å². The molecule has 6 nitrogen and oxygen atoms in total. The molecule has 1 amide bonds. The largest absolute Gasteiger partial charge is 0.497 e. The number of nitrogens with zero attached hydrogens (tertiary/aromatic N) is 2. The molecule has 2 aliphatic rings. The zero-order valence-corrected chi connectivity index (χ0v) is 21.4. The molecular formula is C27H27N3O3S2. The number of nitriles is 1. The summed E-state index contributed by atoms with van der Waals surface area (Å²) >= 11 is 2.92. The van der Waals surface area contributed by atoms with Crippen LogP contribution in [0.4, 0.5) is 0 Å². The van der Waals surface area contributed by atoms with E-state index < -0.39 is 0 Å². The number of carbonyl (C=O) groups excluding carboxylic acids is 1. The van der Waals surface area contributed by atoms with Crippen LogP contribution in [-0.2, 0) is 12.0 Å². The summed E-state index contributed by atoms with van der Waals surface area (Å²) in [7, 11) is 1.62. The van der Waals surface area contributed by atoms with Crippen LogP contribution in [-0.4, -0.2) is 43.9 Å². The Morgan fingerprint density at radius 2 is 2.00 bits per heavy atom. The van der Waals surface area contributed by atoms with Gasteiger partial charge in [0.2, 0.25) is 0 Å². The number of likely N-dealkylation sites (tertiary alicyclic amines) is 1. The molecular weight excluding hydrogens is 478 g/mol. The molecule has 8 heteroatoms. The van der Waals surface area contributed by atoms with Crippen molar-refractivity contribution in [1.29, 1.82) is 5.26 Å². The normalized spacial score (nSPS) is 16.0. The molecule has 2 aliphatic heterocycles. The van der Waals surface area contributed by atoms with E-state index in [1.54, 1.807) is 7.11 Å². The Kier molecular flexibility index (Phi) is 6.49. The monoisotopic (exact) mass is 505 g/mol. The molecule has 1 spiro atoms. The molecule has 35 heavy (non-hydrogen) atoms. The van der Waals surface area contributed by atoms with Gasteiger partial charge in [-0.2, -0.15) is 5.26 Å². The number of nitrogens with two attached hydrogens (primary N) is 1. The number of thioether (sulfide) groups is 1. The number of hydrogen-bond acceptors (Lipinski definition) is 7. The minimum Gasteiger partial charge on any atom is -0.497 e. The van der Waals surface area contributed by atoms with Crippen molar-refractivity contribution >= 4 is 29.0 Å². The van der Waals surface area contributed by atoms with E-state index in [0.717, 1.165) is 45.2 Å². The highest BCUT2D eigenvalue weighted by atomic mass is 32.2. The average Bonchev–Trinajstić information content (AvgIpc) is 3.46. The number of ether oxygens (including phenoxy) is 2. The third kappa shape index (κ3) is 4.08. The molecule has 1 saturated heterocycles. The van der Waals surface area contributed by atoms with Crippen LogP contribution in [0.15, 0.2) is 46.7 Å².